The van der Waals surface area contributed by atoms with E-state index in [1.54, 1.807) is 19.1 Å². The van der Waals surface area contributed by atoms with E-state index >= 15 is 0 Å². The Morgan fingerprint density at radius 3 is 2.69 bits per heavy atom. The SMILES string of the molecule is COc1ccc(C=O)c(C)c1CO. The third-order valence-corrected chi connectivity index (χ3v) is 2.10. The number of benzene rings is 1. The summed E-state index contributed by atoms with van der Waals surface area (Å²) >= 11 is 0. The molecule has 0 fully saturated rings. The summed E-state index contributed by atoms with van der Waals surface area (Å²) in [5.41, 5.74) is 2.04. The molecule has 0 spiro atoms. The van der Waals surface area contributed by atoms with E-state index in [1.165, 1.54) is 7.11 Å². The Hall–Kier alpha value is -1.35. The molecule has 3 nitrogen and oxygen atoms in total. The molecule has 3 heteroatoms. The monoisotopic (exact) mass is 180 g/mol. The van der Waals surface area contributed by atoms with E-state index in [4.69, 9.17) is 9.84 Å². The molecule has 0 heterocycles. The number of methoxy groups -OCH3 is 1. The van der Waals surface area contributed by atoms with Crippen molar-refractivity contribution in [2.75, 3.05) is 7.11 Å². The quantitative estimate of drug-likeness (QED) is 0.713. The van der Waals surface area contributed by atoms with Gasteiger partial charge < -0.3 is 9.84 Å². The highest BCUT2D eigenvalue weighted by molar-refractivity contribution is 5.78. The van der Waals surface area contributed by atoms with Crippen LogP contribution in [0.1, 0.15) is 21.5 Å². The Kier molecular flexibility index (Phi) is 3.03. The molecule has 13 heavy (non-hydrogen) atoms. The van der Waals surface area contributed by atoms with Gasteiger partial charge in [0.1, 0.15) is 12.0 Å². The van der Waals surface area contributed by atoms with Crippen LogP contribution in [0.5, 0.6) is 5.75 Å². The number of carbonyl (C=O) groups is 1. The van der Waals surface area contributed by atoms with Crippen LogP contribution in [0.4, 0.5) is 0 Å². The van der Waals surface area contributed by atoms with Crippen molar-refractivity contribution in [2.45, 2.75) is 13.5 Å². The fraction of sp³-hybridized carbons (Fsp3) is 0.300. The van der Waals surface area contributed by atoms with Crippen molar-refractivity contribution in [3.05, 3.63) is 28.8 Å². The maximum Gasteiger partial charge on any atom is 0.150 e. The third kappa shape index (κ3) is 1.70. The van der Waals surface area contributed by atoms with Gasteiger partial charge in [-0.05, 0) is 24.6 Å². The van der Waals surface area contributed by atoms with Gasteiger partial charge in [-0.15, -0.1) is 0 Å². The lowest BCUT2D eigenvalue weighted by atomic mass is 10.0. The van der Waals surface area contributed by atoms with Gasteiger partial charge in [0.2, 0.25) is 0 Å². The molecule has 0 unspecified atom stereocenters. The summed E-state index contributed by atoms with van der Waals surface area (Å²) in [6.45, 7) is 1.68. The zero-order chi connectivity index (χ0) is 9.84. The minimum absolute atomic E-state index is 0.114. The average Bonchev–Trinajstić information content (AvgIpc) is 2.17. The topological polar surface area (TPSA) is 46.5 Å². The Balaban J connectivity index is 3.31. The molecule has 0 atom stereocenters. The predicted molar refractivity (Wildman–Crippen MR) is 49.0 cm³/mol. The van der Waals surface area contributed by atoms with Crippen LogP contribution in [0.25, 0.3) is 0 Å². The molecule has 0 aromatic heterocycles. The van der Waals surface area contributed by atoms with Crippen LogP contribution < -0.4 is 4.74 Å². The number of ether oxygens (including phenoxy) is 1. The fourth-order valence-corrected chi connectivity index (χ4v) is 1.27. The van der Waals surface area contributed by atoms with Crippen molar-refractivity contribution in [3.8, 4) is 5.75 Å². The van der Waals surface area contributed by atoms with E-state index in [-0.39, 0.29) is 6.61 Å². The van der Waals surface area contributed by atoms with Crippen LogP contribution in [0.2, 0.25) is 0 Å². The van der Waals surface area contributed by atoms with Crippen molar-refractivity contribution in [1.82, 2.24) is 0 Å². The summed E-state index contributed by atoms with van der Waals surface area (Å²) in [6, 6.07) is 3.36. The van der Waals surface area contributed by atoms with Crippen LogP contribution in [0.3, 0.4) is 0 Å². The summed E-state index contributed by atoms with van der Waals surface area (Å²) in [4.78, 5) is 10.6. The van der Waals surface area contributed by atoms with Crippen molar-refractivity contribution in [2.24, 2.45) is 0 Å². The van der Waals surface area contributed by atoms with Crippen LogP contribution in [-0.4, -0.2) is 18.5 Å². The highest BCUT2D eigenvalue weighted by atomic mass is 16.5. The van der Waals surface area contributed by atoms with E-state index in [2.05, 4.69) is 0 Å². The first-order chi connectivity index (χ1) is 6.24. The summed E-state index contributed by atoms with van der Waals surface area (Å²) in [7, 11) is 1.54. The van der Waals surface area contributed by atoms with E-state index in [0.29, 0.717) is 16.9 Å². The van der Waals surface area contributed by atoms with Crippen molar-refractivity contribution in [3.63, 3.8) is 0 Å². The van der Waals surface area contributed by atoms with Gasteiger partial charge in [0.15, 0.2) is 0 Å². The van der Waals surface area contributed by atoms with Crippen molar-refractivity contribution >= 4 is 6.29 Å². The number of hydrogen-bond donors (Lipinski definition) is 1. The molecule has 1 aromatic rings. The molecule has 0 aliphatic carbocycles. The maximum atomic E-state index is 10.6. The normalized spacial score (nSPS) is 9.77. The molecule has 0 radical (unpaired) electrons. The molecule has 0 bridgehead atoms. The van der Waals surface area contributed by atoms with Crippen molar-refractivity contribution in [1.29, 1.82) is 0 Å². The van der Waals surface area contributed by atoms with E-state index in [1.807, 2.05) is 0 Å². The second kappa shape index (κ2) is 4.05. The van der Waals surface area contributed by atoms with Gasteiger partial charge in [-0.3, -0.25) is 4.79 Å². The lowest BCUT2D eigenvalue weighted by molar-refractivity contribution is 0.112. The minimum Gasteiger partial charge on any atom is -0.496 e. The number of hydrogen-bond acceptors (Lipinski definition) is 3. The first kappa shape index (κ1) is 9.74. The lowest BCUT2D eigenvalue weighted by Crippen LogP contribution is -1.98. The molecule has 0 aliphatic rings. The molecule has 70 valence electrons. The predicted octanol–water partition coefficient (Wildman–Crippen LogP) is 1.31. The first-order valence-corrected chi connectivity index (χ1v) is 3.97. The standard InChI is InChI=1S/C10H12O3/c1-7-8(5-11)3-4-10(13-2)9(7)6-12/h3-5,12H,6H2,1-2H3. The smallest absolute Gasteiger partial charge is 0.150 e. The van der Waals surface area contributed by atoms with Gasteiger partial charge in [0, 0.05) is 11.1 Å². The molecule has 0 aliphatic heterocycles. The van der Waals surface area contributed by atoms with Gasteiger partial charge >= 0.3 is 0 Å². The van der Waals surface area contributed by atoms with Crippen molar-refractivity contribution < 1.29 is 14.6 Å². The van der Waals surface area contributed by atoms with Gasteiger partial charge in [0.05, 0.1) is 13.7 Å². The molecule has 0 saturated carbocycles. The van der Waals surface area contributed by atoms with Gasteiger partial charge in [-0.2, -0.15) is 0 Å². The summed E-state index contributed by atoms with van der Waals surface area (Å²) < 4.78 is 5.04. The number of aliphatic hydroxyl groups is 1. The van der Waals surface area contributed by atoms with Crippen LogP contribution in [-0.2, 0) is 6.61 Å². The summed E-state index contributed by atoms with van der Waals surface area (Å²) in [5.74, 6) is 0.616. The number of rotatable bonds is 3. The van der Waals surface area contributed by atoms with Gasteiger partial charge in [-0.1, -0.05) is 0 Å². The molecule has 1 N–H and O–H groups in total. The largest absolute Gasteiger partial charge is 0.496 e. The van der Waals surface area contributed by atoms with E-state index in [9.17, 15) is 4.79 Å². The Morgan fingerprint density at radius 2 is 2.23 bits per heavy atom. The molecule has 1 aromatic carbocycles. The van der Waals surface area contributed by atoms with Gasteiger partial charge in [-0.25, -0.2) is 0 Å². The maximum absolute atomic E-state index is 10.6. The molecule has 0 saturated heterocycles. The number of aldehydes is 1. The number of carbonyl (C=O) groups excluding carboxylic acids is 1. The second-order valence-corrected chi connectivity index (χ2v) is 2.74. The highest BCUT2D eigenvalue weighted by Crippen LogP contribution is 2.23. The molecule has 0 amide bonds. The summed E-state index contributed by atoms with van der Waals surface area (Å²) in [5, 5.41) is 9.05. The fourth-order valence-electron chi connectivity index (χ4n) is 1.27. The average molecular weight is 180 g/mol. The van der Waals surface area contributed by atoms with Gasteiger partial charge in [0.25, 0.3) is 0 Å². The first-order valence-electron chi connectivity index (χ1n) is 3.97. The Labute approximate surface area is 77.0 Å². The second-order valence-electron chi connectivity index (χ2n) is 2.74. The number of aliphatic hydroxyl groups excluding tert-OH is 1. The third-order valence-electron chi connectivity index (χ3n) is 2.10. The molecular weight excluding hydrogens is 168 g/mol. The highest BCUT2D eigenvalue weighted by Gasteiger charge is 2.08. The Morgan fingerprint density at radius 1 is 1.54 bits per heavy atom. The molecular formula is C10H12O3. The Bertz CT molecular complexity index is 318. The van der Waals surface area contributed by atoms with Crippen LogP contribution in [0.15, 0.2) is 12.1 Å². The zero-order valence-corrected chi connectivity index (χ0v) is 7.70. The molecule has 1 rings (SSSR count). The zero-order valence-electron chi connectivity index (χ0n) is 7.70. The van der Waals surface area contributed by atoms with Crippen LogP contribution >= 0.6 is 0 Å². The lowest BCUT2D eigenvalue weighted by Gasteiger charge is -2.10. The summed E-state index contributed by atoms with van der Waals surface area (Å²) in [6.07, 6.45) is 0.772. The van der Waals surface area contributed by atoms with E-state index in [0.717, 1.165) is 11.8 Å². The van der Waals surface area contributed by atoms with Crippen LogP contribution in [0, 0.1) is 6.92 Å². The minimum atomic E-state index is -0.114. The van der Waals surface area contributed by atoms with E-state index < -0.39 is 0 Å².